The number of aliphatic hydroxyl groups excluding tert-OH is 1. The summed E-state index contributed by atoms with van der Waals surface area (Å²) >= 11 is 0. The number of aliphatic hydroxyl groups is 1. The van der Waals surface area contributed by atoms with Gasteiger partial charge >= 0.3 is 0 Å². The molecule has 2 aliphatic rings. The van der Waals surface area contributed by atoms with Crippen molar-refractivity contribution in [3.05, 3.63) is 46.1 Å². The van der Waals surface area contributed by atoms with Crippen LogP contribution in [0.1, 0.15) is 126 Å². The van der Waals surface area contributed by atoms with E-state index < -0.39 is 12.1 Å². The molecule has 204 valence electrons. The summed E-state index contributed by atoms with van der Waals surface area (Å²) in [5.74, 6) is -1.34. The zero-order valence-electron chi connectivity index (χ0n) is 24.0. The number of carboxylic acids is 1. The Balaban J connectivity index is 1.88. The predicted molar refractivity (Wildman–Crippen MR) is 147 cm³/mol. The number of aliphatic carboxylic acids is 1. The molecular weight excluding hydrogens is 448 g/mol. The average molecular weight is 500 g/mol. The fraction of sp³-hybridized carbons (Fsp3) is 0.719. The molecule has 1 heterocycles. The highest BCUT2D eigenvalue weighted by molar-refractivity contribution is 5.66. The molecule has 2 rings (SSSR count). The third kappa shape index (κ3) is 8.18. The predicted octanol–water partition coefficient (Wildman–Crippen LogP) is 7.13. The minimum absolute atomic E-state index is 0.142. The Morgan fingerprint density at radius 2 is 1.83 bits per heavy atom. The van der Waals surface area contributed by atoms with Gasteiger partial charge in [-0.3, -0.25) is 0 Å². The number of ether oxygens (including phenoxy) is 1. The Hall–Kier alpha value is -1.65. The first kappa shape index (κ1) is 30.6. The molecule has 0 saturated carbocycles. The normalized spacial score (nSPS) is 28.1. The highest BCUT2D eigenvalue weighted by Gasteiger charge is 2.49. The van der Waals surface area contributed by atoms with Crippen molar-refractivity contribution in [3.8, 4) is 0 Å². The fourth-order valence-electron chi connectivity index (χ4n) is 5.72. The number of carboxylic acid groups (broad SMARTS) is 1. The van der Waals surface area contributed by atoms with Crippen LogP contribution in [0.2, 0.25) is 0 Å². The third-order valence-corrected chi connectivity index (χ3v) is 8.55. The van der Waals surface area contributed by atoms with Crippen molar-refractivity contribution >= 4 is 5.97 Å². The molecule has 0 amide bonds. The first-order chi connectivity index (χ1) is 16.9. The first-order valence-corrected chi connectivity index (χ1v) is 14.2. The van der Waals surface area contributed by atoms with Crippen LogP contribution in [0.15, 0.2) is 46.1 Å². The maximum atomic E-state index is 10.8. The monoisotopic (exact) mass is 499 g/mol. The summed E-state index contributed by atoms with van der Waals surface area (Å²) in [6, 6.07) is 0. The van der Waals surface area contributed by atoms with E-state index >= 15 is 0 Å². The number of hydrogen-bond donors (Lipinski definition) is 1. The SMILES string of the molecule is CCCCC12OC(C)(CCC/C(C)=C/CC/C(C)=C/CCC(C)C(=O)[O-])CCC1=CC(O)C(C)=C2C. The van der Waals surface area contributed by atoms with E-state index in [-0.39, 0.29) is 17.1 Å². The van der Waals surface area contributed by atoms with Gasteiger partial charge < -0.3 is 19.7 Å². The Morgan fingerprint density at radius 1 is 1.17 bits per heavy atom. The number of rotatable bonds is 14. The van der Waals surface area contributed by atoms with Gasteiger partial charge in [0.05, 0.1) is 11.7 Å². The lowest BCUT2D eigenvalue weighted by Gasteiger charge is -2.52. The van der Waals surface area contributed by atoms with Crippen LogP contribution in [-0.4, -0.2) is 28.4 Å². The second kappa shape index (κ2) is 13.8. The summed E-state index contributed by atoms with van der Waals surface area (Å²) in [7, 11) is 0. The zero-order chi connectivity index (χ0) is 26.9. The lowest BCUT2D eigenvalue weighted by Crippen LogP contribution is -2.51. The molecule has 0 aromatic heterocycles. The van der Waals surface area contributed by atoms with Crippen LogP contribution in [-0.2, 0) is 9.53 Å². The lowest BCUT2D eigenvalue weighted by molar-refractivity contribution is -0.311. The van der Waals surface area contributed by atoms with Gasteiger partial charge in [0.2, 0.25) is 0 Å². The summed E-state index contributed by atoms with van der Waals surface area (Å²) in [5.41, 5.74) is 5.84. The molecule has 0 spiro atoms. The van der Waals surface area contributed by atoms with Crippen LogP contribution in [0, 0.1) is 5.92 Å². The largest absolute Gasteiger partial charge is 0.550 e. The standard InChI is InChI=1S/C32H52O4/c1-8-9-20-32-27(6)26(5)29(33)22-28(32)18-21-31(7,36-32)19-12-16-24(3)14-10-13-23(2)15-11-17-25(4)30(34)35/h14-15,22,25,29,33H,8-13,16-21H2,1-7H3,(H,34,35)/p-1/b23-15+,24-14+. The Bertz CT molecular complexity index is 877. The molecule has 1 saturated heterocycles. The summed E-state index contributed by atoms with van der Waals surface area (Å²) in [4.78, 5) is 10.8. The number of carbonyl (C=O) groups is 1. The van der Waals surface area contributed by atoms with Crippen LogP contribution < -0.4 is 5.11 Å². The minimum Gasteiger partial charge on any atom is -0.550 e. The molecular formula is C32H51O4-. The number of carbonyl (C=O) groups excluding carboxylic acids is 1. The Labute approximate surface area is 220 Å². The van der Waals surface area contributed by atoms with Crippen molar-refractivity contribution < 1.29 is 19.7 Å². The van der Waals surface area contributed by atoms with Crippen molar-refractivity contribution in [3.63, 3.8) is 0 Å². The topological polar surface area (TPSA) is 69.6 Å². The quantitative estimate of drug-likeness (QED) is 0.258. The van der Waals surface area contributed by atoms with E-state index in [0.717, 1.165) is 76.2 Å². The zero-order valence-corrected chi connectivity index (χ0v) is 24.0. The molecule has 0 bridgehead atoms. The Morgan fingerprint density at radius 3 is 2.50 bits per heavy atom. The van der Waals surface area contributed by atoms with Crippen LogP contribution in [0.3, 0.4) is 0 Å². The number of fused-ring (bicyclic) bond motifs is 1. The van der Waals surface area contributed by atoms with E-state index in [2.05, 4.69) is 59.8 Å². The molecule has 4 atom stereocenters. The van der Waals surface area contributed by atoms with Crippen molar-refractivity contribution in [1.29, 1.82) is 0 Å². The van der Waals surface area contributed by atoms with Gasteiger partial charge in [-0.15, -0.1) is 0 Å². The first-order valence-electron chi connectivity index (χ1n) is 14.2. The second-order valence-corrected chi connectivity index (χ2v) is 11.7. The van der Waals surface area contributed by atoms with E-state index in [1.807, 2.05) is 0 Å². The molecule has 36 heavy (non-hydrogen) atoms. The van der Waals surface area contributed by atoms with Gasteiger partial charge in [-0.2, -0.15) is 0 Å². The van der Waals surface area contributed by atoms with Gasteiger partial charge in [0.1, 0.15) is 5.60 Å². The van der Waals surface area contributed by atoms with Crippen molar-refractivity contribution in [2.75, 3.05) is 0 Å². The molecule has 1 aliphatic heterocycles. The van der Waals surface area contributed by atoms with Crippen LogP contribution >= 0.6 is 0 Å². The van der Waals surface area contributed by atoms with Gasteiger partial charge in [-0.25, -0.2) is 0 Å². The van der Waals surface area contributed by atoms with Gasteiger partial charge in [0, 0.05) is 5.97 Å². The fourth-order valence-corrected chi connectivity index (χ4v) is 5.72. The molecule has 0 aromatic carbocycles. The molecule has 0 radical (unpaired) electrons. The Kier molecular flexibility index (Phi) is 11.7. The molecule has 4 heteroatoms. The lowest BCUT2D eigenvalue weighted by atomic mass is 9.69. The van der Waals surface area contributed by atoms with E-state index in [1.54, 1.807) is 6.92 Å². The molecule has 4 nitrogen and oxygen atoms in total. The molecule has 0 aromatic rings. The van der Waals surface area contributed by atoms with E-state index in [4.69, 9.17) is 4.74 Å². The van der Waals surface area contributed by atoms with Gasteiger partial charge in [-0.05, 0) is 128 Å². The van der Waals surface area contributed by atoms with E-state index in [1.165, 1.54) is 22.3 Å². The smallest absolute Gasteiger partial charge is 0.111 e. The molecule has 1 fully saturated rings. The second-order valence-electron chi connectivity index (χ2n) is 11.7. The highest BCUT2D eigenvalue weighted by atomic mass is 16.5. The van der Waals surface area contributed by atoms with E-state index in [9.17, 15) is 15.0 Å². The minimum atomic E-state index is -0.959. The molecule has 1 N–H and O–H groups in total. The summed E-state index contributed by atoms with van der Waals surface area (Å²) in [6.45, 7) is 14.8. The average Bonchev–Trinajstić information content (AvgIpc) is 2.82. The van der Waals surface area contributed by atoms with Gasteiger partial charge in [-0.1, -0.05) is 50.0 Å². The number of unbranched alkanes of at least 4 members (excludes halogenated alkanes) is 1. The van der Waals surface area contributed by atoms with Crippen molar-refractivity contribution in [2.24, 2.45) is 5.92 Å². The summed E-state index contributed by atoms with van der Waals surface area (Å²) in [6.07, 6.45) is 18.1. The maximum absolute atomic E-state index is 10.8. The summed E-state index contributed by atoms with van der Waals surface area (Å²) in [5, 5.41) is 21.4. The van der Waals surface area contributed by atoms with Crippen LogP contribution in [0.5, 0.6) is 0 Å². The van der Waals surface area contributed by atoms with Crippen molar-refractivity contribution in [2.45, 2.75) is 143 Å². The van der Waals surface area contributed by atoms with Crippen molar-refractivity contribution in [1.82, 2.24) is 0 Å². The highest BCUT2D eigenvalue weighted by Crippen LogP contribution is 2.51. The molecule has 1 aliphatic carbocycles. The van der Waals surface area contributed by atoms with Gasteiger partial charge in [0.25, 0.3) is 0 Å². The molecule has 4 unspecified atom stereocenters. The van der Waals surface area contributed by atoms with Crippen LogP contribution in [0.25, 0.3) is 0 Å². The number of allylic oxidation sites excluding steroid dienone is 4. The third-order valence-electron chi connectivity index (χ3n) is 8.55. The summed E-state index contributed by atoms with van der Waals surface area (Å²) < 4.78 is 7.06. The number of hydrogen-bond acceptors (Lipinski definition) is 4. The maximum Gasteiger partial charge on any atom is 0.111 e. The van der Waals surface area contributed by atoms with E-state index in [0.29, 0.717) is 6.42 Å². The van der Waals surface area contributed by atoms with Crippen LogP contribution in [0.4, 0.5) is 0 Å². The van der Waals surface area contributed by atoms with Gasteiger partial charge in [0.15, 0.2) is 0 Å².